The third kappa shape index (κ3) is 6.97. The summed E-state index contributed by atoms with van der Waals surface area (Å²) >= 11 is 0. The second kappa shape index (κ2) is 13.5. The molecule has 0 fully saturated rings. The van der Waals surface area contributed by atoms with Crippen LogP contribution in [0.15, 0.2) is 157 Å². The number of terminal acetylenes is 1. The van der Waals surface area contributed by atoms with Crippen LogP contribution in [0.5, 0.6) is 0 Å². The summed E-state index contributed by atoms with van der Waals surface area (Å²) in [6, 6.07) is 47.9. The molecule has 0 bridgehead atoms. The fourth-order valence-corrected chi connectivity index (χ4v) is 6.06. The fourth-order valence-electron chi connectivity index (χ4n) is 4.35. The van der Waals surface area contributed by atoms with Crippen LogP contribution in [0.3, 0.4) is 0 Å². The molecule has 189 valence electrons. The van der Waals surface area contributed by atoms with Gasteiger partial charge >= 0.3 is 0 Å². The lowest BCUT2D eigenvalue weighted by atomic mass is 10.1. The van der Waals surface area contributed by atoms with E-state index in [2.05, 4.69) is 143 Å². The van der Waals surface area contributed by atoms with Crippen molar-refractivity contribution in [3.05, 3.63) is 174 Å². The van der Waals surface area contributed by atoms with E-state index >= 15 is 0 Å². The summed E-state index contributed by atoms with van der Waals surface area (Å²) in [5.74, 6) is 9.26. The van der Waals surface area contributed by atoms with Crippen molar-refractivity contribution in [2.24, 2.45) is 0 Å². The molecule has 0 N–H and O–H groups in total. The molecule has 0 aliphatic carbocycles. The topological polar surface area (TPSA) is 3.24 Å². The molecular formula is C38H28NSi. The lowest BCUT2D eigenvalue weighted by Gasteiger charge is -2.25. The maximum atomic E-state index is 5.57. The van der Waals surface area contributed by atoms with Gasteiger partial charge in [-0.05, 0) is 72.3 Å². The molecule has 40 heavy (non-hydrogen) atoms. The third-order valence-corrected chi connectivity index (χ3v) is 8.38. The maximum Gasteiger partial charge on any atom is 0.140 e. The number of anilines is 3. The molecule has 0 aromatic heterocycles. The Morgan fingerprint density at radius 2 is 1.18 bits per heavy atom. The van der Waals surface area contributed by atoms with E-state index in [4.69, 9.17) is 6.42 Å². The standard InChI is InChI=1S/C38H28NSi/c1-2-32-16-14-17-34(31-32)28-30-40(38-22-10-5-11-23-38)29-13-12-15-33-24-26-37(27-25-33)39(35-18-6-3-7-19-35)36-20-8-4-9-21-36/h1,3-11,13-14,16-31H/b29-13+,30-28+. The summed E-state index contributed by atoms with van der Waals surface area (Å²) in [6.07, 6.45) is 9.71. The predicted molar refractivity (Wildman–Crippen MR) is 172 cm³/mol. The van der Waals surface area contributed by atoms with Gasteiger partial charge in [0, 0.05) is 28.2 Å². The molecule has 5 rings (SSSR count). The van der Waals surface area contributed by atoms with Crippen molar-refractivity contribution in [1.82, 2.24) is 0 Å². The van der Waals surface area contributed by atoms with E-state index < -0.39 is 8.80 Å². The van der Waals surface area contributed by atoms with E-state index in [0.717, 1.165) is 33.8 Å². The van der Waals surface area contributed by atoms with Gasteiger partial charge in [0.25, 0.3) is 0 Å². The molecule has 0 amide bonds. The van der Waals surface area contributed by atoms with E-state index in [1.54, 1.807) is 0 Å². The van der Waals surface area contributed by atoms with Crippen molar-refractivity contribution >= 4 is 37.1 Å². The highest BCUT2D eigenvalue weighted by atomic mass is 28.3. The van der Waals surface area contributed by atoms with Gasteiger partial charge in [-0.25, -0.2) is 0 Å². The minimum atomic E-state index is -1.09. The summed E-state index contributed by atoms with van der Waals surface area (Å²) in [4.78, 5) is 2.25. The minimum absolute atomic E-state index is 0.888. The van der Waals surface area contributed by atoms with Crippen LogP contribution in [0.1, 0.15) is 16.7 Å². The Balaban J connectivity index is 1.35. The van der Waals surface area contributed by atoms with Gasteiger partial charge in [0.1, 0.15) is 8.80 Å². The number of para-hydroxylation sites is 2. The van der Waals surface area contributed by atoms with Gasteiger partial charge in [0.15, 0.2) is 0 Å². The van der Waals surface area contributed by atoms with Crippen LogP contribution >= 0.6 is 0 Å². The SMILES string of the molecule is C#Cc1cccc(/C=C/[Si](/C=C/C#Cc2ccc(N(c3ccccc3)c3ccccc3)cc2)c2ccccc2)c1. The second-order valence-corrected chi connectivity index (χ2v) is 11.2. The first-order chi connectivity index (χ1) is 19.8. The van der Waals surface area contributed by atoms with E-state index in [-0.39, 0.29) is 0 Å². The van der Waals surface area contributed by atoms with E-state index in [0.29, 0.717) is 0 Å². The molecule has 0 spiro atoms. The molecule has 1 radical (unpaired) electrons. The molecule has 0 aliphatic rings. The number of benzene rings is 5. The van der Waals surface area contributed by atoms with Crippen molar-refractivity contribution in [3.8, 4) is 24.2 Å². The maximum absolute atomic E-state index is 5.57. The van der Waals surface area contributed by atoms with Gasteiger partial charge in [-0.3, -0.25) is 0 Å². The normalized spacial score (nSPS) is 10.8. The molecule has 5 aromatic rings. The fraction of sp³-hybridized carbons (Fsp3) is 0. The van der Waals surface area contributed by atoms with Crippen LogP contribution in [0.4, 0.5) is 17.1 Å². The zero-order valence-corrected chi connectivity index (χ0v) is 23.1. The third-order valence-electron chi connectivity index (χ3n) is 6.33. The molecule has 0 aliphatic heterocycles. The highest BCUT2D eigenvalue weighted by molar-refractivity contribution is 6.82. The van der Waals surface area contributed by atoms with Gasteiger partial charge in [0.05, 0.1) is 0 Å². The van der Waals surface area contributed by atoms with Crippen LogP contribution in [-0.2, 0) is 0 Å². The first-order valence-corrected chi connectivity index (χ1v) is 14.8. The van der Waals surface area contributed by atoms with Gasteiger partial charge in [-0.15, -0.1) is 6.42 Å². The Morgan fingerprint density at radius 1 is 0.575 bits per heavy atom. The monoisotopic (exact) mass is 526 g/mol. The largest absolute Gasteiger partial charge is 0.311 e. The highest BCUT2D eigenvalue weighted by Gasteiger charge is 2.11. The van der Waals surface area contributed by atoms with Crippen molar-refractivity contribution in [2.75, 3.05) is 4.90 Å². The number of allylic oxidation sites excluding steroid dienone is 1. The average Bonchev–Trinajstić information content (AvgIpc) is 3.03. The van der Waals surface area contributed by atoms with Crippen molar-refractivity contribution in [3.63, 3.8) is 0 Å². The Labute approximate surface area is 239 Å². The van der Waals surface area contributed by atoms with Crippen LogP contribution in [-0.4, -0.2) is 8.80 Å². The van der Waals surface area contributed by atoms with Crippen LogP contribution in [0.25, 0.3) is 6.08 Å². The molecule has 2 heteroatoms. The zero-order valence-electron chi connectivity index (χ0n) is 22.1. The zero-order chi connectivity index (χ0) is 27.4. The first kappa shape index (κ1) is 26.3. The Hall–Kier alpha value is -5.28. The molecule has 1 nitrogen and oxygen atoms in total. The van der Waals surface area contributed by atoms with Crippen LogP contribution < -0.4 is 10.1 Å². The smallest absolute Gasteiger partial charge is 0.140 e. The van der Waals surface area contributed by atoms with Gasteiger partial charge in [-0.2, -0.15) is 0 Å². The summed E-state index contributed by atoms with van der Waals surface area (Å²) in [6.45, 7) is 0. The molecule has 0 saturated carbocycles. The molecule has 0 saturated heterocycles. The average molecular weight is 527 g/mol. The number of nitrogens with zero attached hydrogens (tertiary/aromatic N) is 1. The van der Waals surface area contributed by atoms with Crippen LogP contribution in [0.2, 0.25) is 0 Å². The quantitative estimate of drug-likeness (QED) is 0.152. The van der Waals surface area contributed by atoms with Crippen molar-refractivity contribution in [1.29, 1.82) is 0 Å². The summed E-state index contributed by atoms with van der Waals surface area (Å²) in [7, 11) is -1.09. The van der Waals surface area contributed by atoms with Crippen molar-refractivity contribution in [2.45, 2.75) is 0 Å². The van der Waals surface area contributed by atoms with Crippen LogP contribution in [0, 0.1) is 24.2 Å². The van der Waals surface area contributed by atoms with Crippen molar-refractivity contribution < 1.29 is 0 Å². The highest BCUT2D eigenvalue weighted by Crippen LogP contribution is 2.33. The predicted octanol–water partition coefficient (Wildman–Crippen LogP) is 8.24. The Morgan fingerprint density at radius 3 is 1.80 bits per heavy atom. The number of rotatable bonds is 7. The van der Waals surface area contributed by atoms with Gasteiger partial charge < -0.3 is 4.90 Å². The summed E-state index contributed by atoms with van der Waals surface area (Å²) in [5, 5.41) is 1.31. The molecule has 0 heterocycles. The molecule has 5 aromatic carbocycles. The first-order valence-electron chi connectivity index (χ1n) is 13.2. The van der Waals surface area contributed by atoms with Gasteiger partial charge in [-0.1, -0.05) is 119 Å². The van der Waals surface area contributed by atoms with E-state index in [9.17, 15) is 0 Å². The molecule has 0 atom stereocenters. The lowest BCUT2D eigenvalue weighted by molar-refractivity contribution is 1.28. The lowest BCUT2D eigenvalue weighted by Crippen LogP contribution is -2.25. The molecular weight excluding hydrogens is 499 g/mol. The number of hydrogen-bond acceptors (Lipinski definition) is 1. The number of hydrogen-bond donors (Lipinski definition) is 0. The second-order valence-electron chi connectivity index (χ2n) is 9.08. The van der Waals surface area contributed by atoms with E-state index in [1.807, 2.05) is 42.5 Å². The Kier molecular flexibility index (Phi) is 8.88. The molecule has 0 unspecified atom stereocenters. The Bertz CT molecular complexity index is 1650. The summed E-state index contributed by atoms with van der Waals surface area (Å²) < 4.78 is 0. The minimum Gasteiger partial charge on any atom is -0.311 e. The van der Waals surface area contributed by atoms with Gasteiger partial charge in [0.2, 0.25) is 0 Å². The summed E-state index contributed by atoms with van der Waals surface area (Å²) in [5.41, 5.74) is 10.8. The van der Waals surface area contributed by atoms with E-state index in [1.165, 1.54) is 5.19 Å².